The second-order valence-electron chi connectivity index (χ2n) is 14.5. The lowest BCUT2D eigenvalue weighted by molar-refractivity contribution is 0.672. The van der Waals surface area contributed by atoms with Gasteiger partial charge in [-0.1, -0.05) is 121 Å². The summed E-state index contributed by atoms with van der Waals surface area (Å²) in [5.41, 5.74) is 11.8. The van der Waals surface area contributed by atoms with Gasteiger partial charge in [-0.15, -0.1) is 11.3 Å². The molecule has 0 aliphatic rings. The van der Waals surface area contributed by atoms with Crippen LogP contribution in [0.3, 0.4) is 0 Å². The zero-order valence-corrected chi connectivity index (χ0v) is 31.4. The summed E-state index contributed by atoms with van der Waals surface area (Å²) in [7, 11) is 0. The smallest absolute Gasteiger partial charge is 0.160 e. The summed E-state index contributed by atoms with van der Waals surface area (Å²) < 4.78 is 12.0. The van der Waals surface area contributed by atoms with Crippen LogP contribution < -0.4 is 0 Å². The predicted octanol–water partition coefficient (Wildman–Crippen LogP) is 14.5. The molecule has 0 unspecified atom stereocenters. The summed E-state index contributed by atoms with van der Waals surface area (Å²) in [5, 5.41) is 6.93. The van der Waals surface area contributed by atoms with Gasteiger partial charge in [-0.3, -0.25) is 0 Å². The molecule has 0 amide bonds. The number of nitrogens with zero attached hydrogens (tertiary/aromatic N) is 3. The van der Waals surface area contributed by atoms with E-state index >= 15 is 0 Å². The van der Waals surface area contributed by atoms with Crippen LogP contribution in [0.1, 0.15) is 0 Å². The minimum absolute atomic E-state index is 0.671. The number of hydrogen-bond acceptors (Lipinski definition) is 4. The Hall–Kier alpha value is -7.34. The molecule has 4 nitrogen and oxygen atoms in total. The molecule has 4 aromatic heterocycles. The first-order chi connectivity index (χ1) is 28.2. The summed E-state index contributed by atoms with van der Waals surface area (Å²) in [6, 6.07) is 66.5. The fraction of sp³-hybridized carbons (Fsp3) is 0. The predicted molar refractivity (Wildman–Crippen MR) is 238 cm³/mol. The van der Waals surface area contributed by atoms with Crippen LogP contribution in [0.5, 0.6) is 0 Å². The standard InChI is InChI=1S/C52H31N3OS/c1-3-13-32(14-4-1)33-15-11-16-34(29-33)44-31-45(54-52(53-44)35-25-28-48-43(30-35)38-20-8-10-24-47(38)57-48)42-22-12-21-40-41-27-26-39-37-19-7-9-23-46(37)55(36-17-5-2-6-18-36)49(39)51(41)56-50(40)42/h1-31H. The van der Waals surface area contributed by atoms with E-state index in [1.165, 1.54) is 25.6 Å². The third kappa shape index (κ3) is 5.06. The van der Waals surface area contributed by atoms with Crippen molar-refractivity contribution >= 4 is 75.3 Å². The van der Waals surface area contributed by atoms with Gasteiger partial charge < -0.3 is 8.98 Å². The Balaban J connectivity index is 1.11. The van der Waals surface area contributed by atoms with Crippen molar-refractivity contribution in [1.82, 2.24) is 14.5 Å². The van der Waals surface area contributed by atoms with E-state index in [1.54, 1.807) is 0 Å². The Morgan fingerprint density at radius 3 is 1.96 bits per heavy atom. The van der Waals surface area contributed by atoms with Crippen molar-refractivity contribution in [2.75, 3.05) is 0 Å². The van der Waals surface area contributed by atoms with Crippen LogP contribution >= 0.6 is 11.3 Å². The molecule has 0 atom stereocenters. The minimum Gasteiger partial charge on any atom is -0.453 e. The summed E-state index contributed by atoms with van der Waals surface area (Å²) >= 11 is 1.81. The highest BCUT2D eigenvalue weighted by atomic mass is 32.1. The summed E-state index contributed by atoms with van der Waals surface area (Å²) in [4.78, 5) is 10.7. The van der Waals surface area contributed by atoms with Gasteiger partial charge in [0.15, 0.2) is 11.4 Å². The monoisotopic (exact) mass is 745 g/mol. The molecular weight excluding hydrogens is 715 g/mol. The van der Waals surface area contributed by atoms with E-state index < -0.39 is 0 Å². The second kappa shape index (κ2) is 12.6. The molecule has 4 heterocycles. The van der Waals surface area contributed by atoms with Gasteiger partial charge in [0.05, 0.1) is 22.4 Å². The van der Waals surface area contributed by atoms with Crippen LogP contribution in [0, 0.1) is 0 Å². The number of hydrogen-bond donors (Lipinski definition) is 0. The van der Waals surface area contributed by atoms with Gasteiger partial charge in [-0.2, -0.15) is 0 Å². The Bertz CT molecular complexity index is 3520. The molecule has 0 spiro atoms. The molecule has 0 aliphatic carbocycles. The largest absolute Gasteiger partial charge is 0.453 e. The van der Waals surface area contributed by atoms with E-state index in [4.69, 9.17) is 14.4 Å². The molecule has 0 saturated carbocycles. The SMILES string of the molecule is c1ccc(-c2cccc(-c3cc(-c4cccc5c4oc4c5ccc5c6ccccc6n(-c6ccccc6)c54)nc(-c4ccc5sc6ccccc6c5c4)n3)c2)cc1. The quantitative estimate of drug-likeness (QED) is 0.176. The van der Waals surface area contributed by atoms with Crippen molar-refractivity contribution in [2.24, 2.45) is 0 Å². The summed E-state index contributed by atoms with van der Waals surface area (Å²) in [6.45, 7) is 0. The fourth-order valence-electron chi connectivity index (χ4n) is 8.57. The first kappa shape index (κ1) is 32.0. The number of thiophene rings is 1. The Labute approximate surface area is 331 Å². The van der Waals surface area contributed by atoms with Crippen molar-refractivity contribution in [2.45, 2.75) is 0 Å². The Morgan fingerprint density at radius 2 is 1.07 bits per heavy atom. The molecule has 0 fully saturated rings. The van der Waals surface area contributed by atoms with Gasteiger partial charge in [-0.25, -0.2) is 9.97 Å². The van der Waals surface area contributed by atoms with Crippen LogP contribution in [0.15, 0.2) is 192 Å². The van der Waals surface area contributed by atoms with E-state index in [1.807, 2.05) is 11.3 Å². The molecule has 12 rings (SSSR count). The van der Waals surface area contributed by atoms with Crippen molar-refractivity contribution in [1.29, 1.82) is 0 Å². The van der Waals surface area contributed by atoms with Crippen molar-refractivity contribution in [3.05, 3.63) is 188 Å². The lowest BCUT2D eigenvalue weighted by atomic mass is 10.00. The second-order valence-corrected chi connectivity index (χ2v) is 15.6. The first-order valence-electron chi connectivity index (χ1n) is 19.1. The Kier molecular flexibility index (Phi) is 7.06. The molecule has 0 N–H and O–H groups in total. The van der Waals surface area contributed by atoms with Crippen molar-refractivity contribution in [3.8, 4) is 50.7 Å². The number of para-hydroxylation sites is 3. The van der Waals surface area contributed by atoms with E-state index in [0.29, 0.717) is 5.82 Å². The van der Waals surface area contributed by atoms with Gasteiger partial charge in [0, 0.05) is 64.1 Å². The summed E-state index contributed by atoms with van der Waals surface area (Å²) in [6.07, 6.45) is 0. The maximum Gasteiger partial charge on any atom is 0.160 e. The molecule has 266 valence electrons. The number of aromatic nitrogens is 3. The van der Waals surface area contributed by atoms with E-state index in [9.17, 15) is 0 Å². The molecule has 5 heteroatoms. The summed E-state index contributed by atoms with van der Waals surface area (Å²) in [5.74, 6) is 0.671. The maximum absolute atomic E-state index is 7.13. The average molecular weight is 746 g/mol. The van der Waals surface area contributed by atoms with Crippen molar-refractivity contribution < 1.29 is 4.42 Å². The number of fused-ring (bicyclic) bond motifs is 10. The molecule has 57 heavy (non-hydrogen) atoms. The highest BCUT2D eigenvalue weighted by molar-refractivity contribution is 7.25. The molecule has 0 radical (unpaired) electrons. The third-order valence-corrected chi connectivity index (χ3v) is 12.4. The zero-order chi connectivity index (χ0) is 37.5. The molecule has 8 aromatic carbocycles. The van der Waals surface area contributed by atoms with Crippen LogP contribution in [0.25, 0.3) is 115 Å². The van der Waals surface area contributed by atoms with Crippen molar-refractivity contribution in [3.63, 3.8) is 0 Å². The van der Waals surface area contributed by atoms with Crippen LogP contribution in [0.4, 0.5) is 0 Å². The fourth-order valence-corrected chi connectivity index (χ4v) is 9.65. The van der Waals surface area contributed by atoms with E-state index in [-0.39, 0.29) is 0 Å². The molecular formula is C52H31N3OS. The number of rotatable bonds is 5. The number of furan rings is 1. The van der Waals surface area contributed by atoms with Gasteiger partial charge in [0.2, 0.25) is 0 Å². The highest BCUT2D eigenvalue weighted by Crippen LogP contribution is 2.43. The molecule has 0 saturated heterocycles. The van der Waals surface area contributed by atoms with E-state index in [2.05, 4.69) is 193 Å². The first-order valence-corrected chi connectivity index (χ1v) is 20.0. The normalized spacial score (nSPS) is 11.9. The van der Waals surface area contributed by atoms with E-state index in [0.717, 1.165) is 83.3 Å². The lowest BCUT2D eigenvalue weighted by Crippen LogP contribution is -1.96. The molecule has 0 bridgehead atoms. The maximum atomic E-state index is 7.13. The highest BCUT2D eigenvalue weighted by Gasteiger charge is 2.22. The minimum atomic E-state index is 0.671. The topological polar surface area (TPSA) is 43.9 Å². The number of benzene rings is 8. The van der Waals surface area contributed by atoms with Crippen LogP contribution in [-0.4, -0.2) is 14.5 Å². The van der Waals surface area contributed by atoms with Crippen LogP contribution in [-0.2, 0) is 0 Å². The average Bonchev–Trinajstić information content (AvgIpc) is 3.96. The molecule has 0 aliphatic heterocycles. The van der Waals surface area contributed by atoms with Gasteiger partial charge in [-0.05, 0) is 77.9 Å². The van der Waals surface area contributed by atoms with Crippen LogP contribution in [0.2, 0.25) is 0 Å². The van der Waals surface area contributed by atoms with Gasteiger partial charge >= 0.3 is 0 Å². The molecule has 12 aromatic rings. The zero-order valence-electron chi connectivity index (χ0n) is 30.6. The third-order valence-electron chi connectivity index (χ3n) is 11.2. The van der Waals surface area contributed by atoms with Gasteiger partial charge in [0.1, 0.15) is 5.58 Å². The van der Waals surface area contributed by atoms with Gasteiger partial charge in [0.25, 0.3) is 0 Å². The lowest BCUT2D eigenvalue weighted by Gasteiger charge is -2.11. The Morgan fingerprint density at radius 1 is 0.404 bits per heavy atom.